The van der Waals surface area contributed by atoms with Crippen molar-refractivity contribution in [3.05, 3.63) is 47.0 Å². The van der Waals surface area contributed by atoms with Crippen molar-refractivity contribution in [2.75, 3.05) is 0 Å². The SMILES string of the molecule is NCc1c(C(=O)O)nnn1Cc1ccc(F)cc1. The van der Waals surface area contributed by atoms with E-state index in [0.29, 0.717) is 12.2 Å². The van der Waals surface area contributed by atoms with E-state index in [-0.39, 0.29) is 18.1 Å². The summed E-state index contributed by atoms with van der Waals surface area (Å²) in [5.74, 6) is -1.50. The number of carboxylic acid groups (broad SMARTS) is 1. The fourth-order valence-corrected chi connectivity index (χ4v) is 1.59. The van der Waals surface area contributed by atoms with Gasteiger partial charge in [0.2, 0.25) is 0 Å². The summed E-state index contributed by atoms with van der Waals surface area (Å²) in [5.41, 5.74) is 6.46. The van der Waals surface area contributed by atoms with E-state index < -0.39 is 5.97 Å². The molecule has 1 heterocycles. The summed E-state index contributed by atoms with van der Waals surface area (Å²) in [4.78, 5) is 10.9. The molecule has 7 heteroatoms. The molecule has 2 aromatic rings. The lowest BCUT2D eigenvalue weighted by Gasteiger charge is -2.05. The number of aromatic carboxylic acids is 1. The lowest BCUT2D eigenvalue weighted by Crippen LogP contribution is -2.13. The Hall–Kier alpha value is -2.28. The van der Waals surface area contributed by atoms with Gasteiger partial charge in [0.1, 0.15) is 5.82 Å². The van der Waals surface area contributed by atoms with E-state index in [4.69, 9.17) is 10.8 Å². The Kier molecular flexibility index (Phi) is 3.33. The Balaban J connectivity index is 2.29. The fraction of sp³-hybridized carbons (Fsp3) is 0.182. The van der Waals surface area contributed by atoms with Gasteiger partial charge in [0.05, 0.1) is 12.2 Å². The summed E-state index contributed by atoms with van der Waals surface area (Å²) in [6.45, 7) is 0.322. The molecule has 6 nitrogen and oxygen atoms in total. The number of benzene rings is 1. The monoisotopic (exact) mass is 250 g/mol. The Morgan fingerprint density at radius 1 is 1.39 bits per heavy atom. The van der Waals surface area contributed by atoms with Gasteiger partial charge >= 0.3 is 5.97 Å². The second kappa shape index (κ2) is 4.92. The van der Waals surface area contributed by atoms with Gasteiger partial charge < -0.3 is 10.8 Å². The van der Waals surface area contributed by atoms with E-state index in [1.807, 2.05) is 0 Å². The normalized spacial score (nSPS) is 10.6. The Labute approximate surface area is 102 Å². The number of hydrogen-bond donors (Lipinski definition) is 2. The number of nitrogens with two attached hydrogens (primary N) is 1. The summed E-state index contributed by atoms with van der Waals surface area (Å²) in [6.07, 6.45) is 0. The third kappa shape index (κ3) is 2.35. The molecule has 0 aliphatic carbocycles. The maximum atomic E-state index is 12.7. The van der Waals surface area contributed by atoms with Crippen LogP contribution in [0.5, 0.6) is 0 Å². The molecule has 0 aliphatic rings. The number of hydrogen-bond acceptors (Lipinski definition) is 4. The molecule has 0 unspecified atom stereocenters. The topological polar surface area (TPSA) is 94.0 Å². The molecule has 1 aromatic carbocycles. The molecule has 0 fully saturated rings. The number of aromatic nitrogens is 3. The van der Waals surface area contributed by atoms with Crippen molar-refractivity contribution in [2.24, 2.45) is 5.73 Å². The van der Waals surface area contributed by atoms with Crippen LogP contribution < -0.4 is 5.73 Å². The van der Waals surface area contributed by atoms with Gasteiger partial charge in [-0.05, 0) is 17.7 Å². The molecule has 0 spiro atoms. The number of carbonyl (C=O) groups is 1. The molecule has 0 saturated heterocycles. The van der Waals surface area contributed by atoms with Crippen LogP contribution in [0.25, 0.3) is 0 Å². The first-order chi connectivity index (χ1) is 8.61. The molecule has 2 rings (SSSR count). The van der Waals surface area contributed by atoms with Crippen LogP contribution in [0.15, 0.2) is 24.3 Å². The largest absolute Gasteiger partial charge is 0.476 e. The first-order valence-electron chi connectivity index (χ1n) is 5.22. The molecule has 0 saturated carbocycles. The zero-order valence-electron chi connectivity index (χ0n) is 9.38. The van der Waals surface area contributed by atoms with Crippen LogP contribution in [0, 0.1) is 5.82 Å². The van der Waals surface area contributed by atoms with E-state index in [9.17, 15) is 9.18 Å². The van der Waals surface area contributed by atoms with E-state index in [1.54, 1.807) is 12.1 Å². The van der Waals surface area contributed by atoms with E-state index in [2.05, 4.69) is 10.3 Å². The molecular formula is C11H11FN4O2. The minimum atomic E-state index is -1.17. The highest BCUT2D eigenvalue weighted by atomic mass is 19.1. The molecule has 3 N–H and O–H groups in total. The summed E-state index contributed by atoms with van der Waals surface area (Å²) >= 11 is 0. The third-order valence-corrected chi connectivity index (χ3v) is 2.48. The molecule has 18 heavy (non-hydrogen) atoms. The first-order valence-corrected chi connectivity index (χ1v) is 5.22. The van der Waals surface area contributed by atoms with Gasteiger partial charge in [-0.15, -0.1) is 5.10 Å². The molecule has 0 bridgehead atoms. The van der Waals surface area contributed by atoms with E-state index in [0.717, 1.165) is 5.56 Å². The number of nitrogens with zero attached hydrogens (tertiary/aromatic N) is 3. The van der Waals surface area contributed by atoms with Crippen LogP contribution in [0.1, 0.15) is 21.7 Å². The third-order valence-electron chi connectivity index (χ3n) is 2.48. The molecular weight excluding hydrogens is 239 g/mol. The summed E-state index contributed by atoms with van der Waals surface area (Å²) in [6, 6.07) is 5.84. The van der Waals surface area contributed by atoms with Crippen molar-refractivity contribution in [3.8, 4) is 0 Å². The van der Waals surface area contributed by atoms with Crippen LogP contribution >= 0.6 is 0 Å². The van der Waals surface area contributed by atoms with Crippen molar-refractivity contribution in [2.45, 2.75) is 13.1 Å². The molecule has 0 amide bonds. The van der Waals surface area contributed by atoms with Gasteiger partial charge in [0.15, 0.2) is 5.69 Å². The van der Waals surface area contributed by atoms with Gasteiger partial charge in [-0.2, -0.15) is 0 Å². The maximum absolute atomic E-state index is 12.7. The highest BCUT2D eigenvalue weighted by molar-refractivity contribution is 5.86. The molecule has 94 valence electrons. The van der Waals surface area contributed by atoms with Gasteiger partial charge in [-0.3, -0.25) is 0 Å². The fourth-order valence-electron chi connectivity index (χ4n) is 1.59. The van der Waals surface area contributed by atoms with Crippen molar-refractivity contribution in [1.29, 1.82) is 0 Å². The molecule has 0 aliphatic heterocycles. The number of rotatable bonds is 4. The molecule has 0 atom stereocenters. The van der Waals surface area contributed by atoms with Gasteiger partial charge in [0, 0.05) is 6.54 Å². The lowest BCUT2D eigenvalue weighted by molar-refractivity contribution is 0.0689. The average Bonchev–Trinajstić information content (AvgIpc) is 2.75. The van der Waals surface area contributed by atoms with Gasteiger partial charge in [-0.1, -0.05) is 17.3 Å². The number of carboxylic acids is 1. The van der Waals surface area contributed by atoms with Gasteiger partial charge in [-0.25, -0.2) is 13.9 Å². The van der Waals surface area contributed by atoms with Crippen LogP contribution in [0.3, 0.4) is 0 Å². The number of halogens is 1. The van der Waals surface area contributed by atoms with Crippen LogP contribution in [-0.4, -0.2) is 26.1 Å². The van der Waals surface area contributed by atoms with E-state index in [1.165, 1.54) is 16.8 Å². The first kappa shape index (κ1) is 12.2. The predicted molar refractivity (Wildman–Crippen MR) is 60.4 cm³/mol. The van der Waals surface area contributed by atoms with Gasteiger partial charge in [0.25, 0.3) is 0 Å². The Morgan fingerprint density at radius 2 is 2.06 bits per heavy atom. The Morgan fingerprint density at radius 3 is 2.61 bits per heavy atom. The summed E-state index contributed by atoms with van der Waals surface area (Å²) < 4.78 is 14.1. The predicted octanol–water partition coefficient (Wildman–Crippen LogP) is 0.622. The smallest absolute Gasteiger partial charge is 0.358 e. The molecule has 0 radical (unpaired) electrons. The van der Waals surface area contributed by atoms with Crippen molar-refractivity contribution >= 4 is 5.97 Å². The minimum absolute atomic E-state index is 0.0236. The second-order valence-electron chi connectivity index (χ2n) is 3.68. The van der Waals surface area contributed by atoms with Crippen molar-refractivity contribution in [1.82, 2.24) is 15.0 Å². The van der Waals surface area contributed by atoms with E-state index >= 15 is 0 Å². The molecule has 1 aromatic heterocycles. The highest BCUT2D eigenvalue weighted by Gasteiger charge is 2.17. The highest BCUT2D eigenvalue weighted by Crippen LogP contribution is 2.09. The van der Waals surface area contributed by atoms with Crippen LogP contribution in [0.4, 0.5) is 4.39 Å². The van der Waals surface area contributed by atoms with Crippen molar-refractivity contribution < 1.29 is 14.3 Å². The van der Waals surface area contributed by atoms with Crippen molar-refractivity contribution in [3.63, 3.8) is 0 Å². The zero-order valence-corrected chi connectivity index (χ0v) is 9.38. The zero-order chi connectivity index (χ0) is 13.1. The Bertz CT molecular complexity index is 565. The average molecular weight is 250 g/mol. The summed E-state index contributed by atoms with van der Waals surface area (Å²) in [7, 11) is 0. The summed E-state index contributed by atoms with van der Waals surface area (Å²) in [5, 5.41) is 16.2. The second-order valence-corrected chi connectivity index (χ2v) is 3.68. The van der Waals surface area contributed by atoms with Crippen LogP contribution in [0.2, 0.25) is 0 Å². The standard InChI is InChI=1S/C11H11FN4O2/c12-8-3-1-7(2-4-8)6-16-9(5-13)10(11(17)18)14-15-16/h1-4H,5-6,13H2,(H,17,18). The maximum Gasteiger partial charge on any atom is 0.358 e. The van der Waals surface area contributed by atoms with Crippen LogP contribution in [-0.2, 0) is 13.1 Å². The lowest BCUT2D eigenvalue weighted by atomic mass is 10.2. The quantitative estimate of drug-likeness (QED) is 0.829. The minimum Gasteiger partial charge on any atom is -0.476 e.